The molecule has 0 radical (unpaired) electrons. The van der Waals surface area contributed by atoms with E-state index in [9.17, 15) is 9.59 Å². The molecule has 0 aromatic carbocycles. The molecule has 0 saturated carbocycles. The Morgan fingerprint density at radius 2 is 1.95 bits per heavy atom. The summed E-state index contributed by atoms with van der Waals surface area (Å²) in [7, 11) is 0. The topological polar surface area (TPSA) is 72.7 Å². The molecule has 2 rings (SSSR count). The predicted molar refractivity (Wildman–Crippen MR) is 74.7 cm³/mol. The van der Waals surface area contributed by atoms with Crippen LogP contribution in [0.25, 0.3) is 11.2 Å². The second kappa shape index (κ2) is 5.03. The average molecular weight is 264 g/mol. The summed E-state index contributed by atoms with van der Waals surface area (Å²) in [5.74, 6) is 0.839. The van der Waals surface area contributed by atoms with Gasteiger partial charge >= 0.3 is 5.69 Å². The van der Waals surface area contributed by atoms with Gasteiger partial charge in [0.05, 0.1) is 0 Å². The lowest BCUT2D eigenvalue weighted by Gasteiger charge is -2.11. The zero-order valence-corrected chi connectivity index (χ0v) is 11.9. The molecule has 0 unspecified atom stereocenters. The number of H-pyrrole nitrogens is 1. The third-order valence-electron chi connectivity index (χ3n) is 3.18. The molecule has 2 aromatic rings. The number of fused-ring (bicyclic) bond motifs is 1. The van der Waals surface area contributed by atoms with Crippen LogP contribution in [0.2, 0.25) is 0 Å². The first-order valence-corrected chi connectivity index (χ1v) is 6.75. The first kappa shape index (κ1) is 13.6. The quantitative estimate of drug-likeness (QED) is 0.908. The van der Waals surface area contributed by atoms with Crippen molar-refractivity contribution in [3.05, 3.63) is 26.7 Å². The molecule has 0 amide bonds. The summed E-state index contributed by atoms with van der Waals surface area (Å²) in [6.45, 7) is 8.56. The molecule has 0 aliphatic carbocycles. The summed E-state index contributed by atoms with van der Waals surface area (Å²) < 4.78 is 3.47. The summed E-state index contributed by atoms with van der Waals surface area (Å²) in [6, 6.07) is 0.133. The lowest BCUT2D eigenvalue weighted by Crippen LogP contribution is -2.31. The van der Waals surface area contributed by atoms with Crippen molar-refractivity contribution in [3.8, 4) is 0 Å². The van der Waals surface area contributed by atoms with Gasteiger partial charge in [-0.1, -0.05) is 13.8 Å². The second-order valence-electron chi connectivity index (χ2n) is 4.93. The maximum Gasteiger partial charge on any atom is 0.330 e. The fourth-order valence-corrected chi connectivity index (χ4v) is 2.42. The molecule has 0 bridgehead atoms. The number of aryl methyl sites for hydroxylation is 2. The maximum absolute atomic E-state index is 12.1. The summed E-state index contributed by atoms with van der Waals surface area (Å²) in [4.78, 5) is 30.9. The van der Waals surface area contributed by atoms with Crippen molar-refractivity contribution in [1.82, 2.24) is 19.1 Å². The molecule has 0 atom stereocenters. The van der Waals surface area contributed by atoms with Crippen LogP contribution in [0.1, 0.15) is 46.0 Å². The molecule has 19 heavy (non-hydrogen) atoms. The highest BCUT2D eigenvalue weighted by Gasteiger charge is 2.18. The molecule has 2 aromatic heterocycles. The number of hydrogen-bond acceptors (Lipinski definition) is 3. The van der Waals surface area contributed by atoms with E-state index in [-0.39, 0.29) is 17.3 Å². The smallest absolute Gasteiger partial charge is 0.320 e. The first-order chi connectivity index (χ1) is 9.01. The third kappa shape index (κ3) is 2.11. The van der Waals surface area contributed by atoms with E-state index in [0.717, 1.165) is 18.7 Å². The minimum absolute atomic E-state index is 0.133. The van der Waals surface area contributed by atoms with E-state index in [1.54, 1.807) is 4.57 Å². The van der Waals surface area contributed by atoms with Crippen LogP contribution in [0.4, 0.5) is 0 Å². The second-order valence-corrected chi connectivity index (χ2v) is 4.93. The zero-order valence-electron chi connectivity index (χ0n) is 11.9. The van der Waals surface area contributed by atoms with Gasteiger partial charge in [0.15, 0.2) is 11.2 Å². The normalized spacial score (nSPS) is 11.6. The Balaban J connectivity index is 2.94. The number of imidazole rings is 1. The van der Waals surface area contributed by atoms with E-state index in [1.165, 1.54) is 0 Å². The van der Waals surface area contributed by atoms with Crippen LogP contribution in [0.5, 0.6) is 0 Å². The minimum atomic E-state index is -0.379. The van der Waals surface area contributed by atoms with Crippen molar-refractivity contribution in [2.75, 3.05) is 0 Å². The summed E-state index contributed by atoms with van der Waals surface area (Å²) >= 11 is 0. The number of nitrogens with one attached hydrogen (secondary N) is 1. The van der Waals surface area contributed by atoms with Crippen molar-refractivity contribution >= 4 is 11.2 Å². The van der Waals surface area contributed by atoms with E-state index in [0.29, 0.717) is 17.7 Å². The Kier molecular flexibility index (Phi) is 3.59. The van der Waals surface area contributed by atoms with Crippen LogP contribution in [0.3, 0.4) is 0 Å². The molecule has 2 heterocycles. The number of rotatable bonds is 4. The minimum Gasteiger partial charge on any atom is -0.320 e. The molecule has 6 heteroatoms. The highest BCUT2D eigenvalue weighted by molar-refractivity contribution is 5.71. The van der Waals surface area contributed by atoms with Crippen molar-refractivity contribution in [2.45, 2.75) is 53.1 Å². The lowest BCUT2D eigenvalue weighted by molar-refractivity contribution is 0.586. The van der Waals surface area contributed by atoms with E-state index in [2.05, 4.69) is 9.97 Å². The van der Waals surface area contributed by atoms with Crippen LogP contribution < -0.4 is 11.2 Å². The van der Waals surface area contributed by atoms with Crippen molar-refractivity contribution < 1.29 is 0 Å². The largest absolute Gasteiger partial charge is 0.330 e. The van der Waals surface area contributed by atoms with Gasteiger partial charge in [-0.05, 0) is 20.3 Å². The van der Waals surface area contributed by atoms with Gasteiger partial charge in [-0.2, -0.15) is 0 Å². The van der Waals surface area contributed by atoms with Gasteiger partial charge in [0.25, 0.3) is 5.56 Å². The highest BCUT2D eigenvalue weighted by Crippen LogP contribution is 2.17. The Labute approximate surface area is 111 Å². The van der Waals surface area contributed by atoms with E-state index in [4.69, 9.17) is 0 Å². The van der Waals surface area contributed by atoms with Crippen LogP contribution >= 0.6 is 0 Å². The Bertz CT molecular complexity index is 706. The van der Waals surface area contributed by atoms with Gasteiger partial charge in [0, 0.05) is 19.0 Å². The van der Waals surface area contributed by atoms with Crippen LogP contribution in [0.15, 0.2) is 9.59 Å². The molecular weight excluding hydrogens is 244 g/mol. The maximum atomic E-state index is 12.1. The summed E-state index contributed by atoms with van der Waals surface area (Å²) in [6.07, 6.45) is 1.55. The molecule has 104 valence electrons. The van der Waals surface area contributed by atoms with Gasteiger partial charge in [-0.3, -0.25) is 14.3 Å². The van der Waals surface area contributed by atoms with Crippen molar-refractivity contribution in [3.63, 3.8) is 0 Å². The van der Waals surface area contributed by atoms with Crippen LogP contribution in [-0.4, -0.2) is 19.1 Å². The van der Waals surface area contributed by atoms with E-state index < -0.39 is 0 Å². The molecule has 1 N–H and O–H groups in total. The summed E-state index contributed by atoms with van der Waals surface area (Å²) in [5.41, 5.74) is 0.268. The van der Waals surface area contributed by atoms with Crippen LogP contribution in [-0.2, 0) is 13.0 Å². The van der Waals surface area contributed by atoms with E-state index in [1.807, 2.05) is 32.3 Å². The molecule has 0 aliphatic heterocycles. The molecule has 0 saturated heterocycles. The lowest BCUT2D eigenvalue weighted by atomic mass is 10.3. The Morgan fingerprint density at radius 3 is 2.47 bits per heavy atom. The SMILES string of the molecule is CCCn1c(=O)[nH]c(=O)c2c1nc(CC)n2C(C)C. The zero-order chi connectivity index (χ0) is 14.2. The molecule has 6 nitrogen and oxygen atoms in total. The fraction of sp³-hybridized carbons (Fsp3) is 0.615. The van der Waals surface area contributed by atoms with Gasteiger partial charge in [0.2, 0.25) is 0 Å². The first-order valence-electron chi connectivity index (χ1n) is 6.75. The highest BCUT2D eigenvalue weighted by atomic mass is 16.2. The molecule has 0 fully saturated rings. The molecule has 0 aliphatic rings. The standard InChI is InChI=1S/C13H20N4O2/c1-5-7-16-11-10(12(18)15-13(16)19)17(8(3)4)9(6-2)14-11/h8H,5-7H2,1-4H3,(H,15,18,19). The van der Waals surface area contributed by atoms with E-state index >= 15 is 0 Å². The molecular formula is C13H20N4O2. The van der Waals surface area contributed by atoms with Gasteiger partial charge in [-0.15, -0.1) is 0 Å². The van der Waals surface area contributed by atoms with Crippen LogP contribution in [0, 0.1) is 0 Å². The fourth-order valence-electron chi connectivity index (χ4n) is 2.42. The van der Waals surface area contributed by atoms with Gasteiger partial charge in [-0.25, -0.2) is 9.78 Å². The number of nitrogens with zero attached hydrogens (tertiary/aromatic N) is 3. The van der Waals surface area contributed by atoms with Gasteiger partial charge < -0.3 is 4.57 Å². The predicted octanol–water partition coefficient (Wildman–Crippen LogP) is 1.44. The third-order valence-corrected chi connectivity index (χ3v) is 3.18. The van der Waals surface area contributed by atoms with Crippen molar-refractivity contribution in [2.24, 2.45) is 0 Å². The number of hydrogen-bond donors (Lipinski definition) is 1. The number of aromatic amines is 1. The van der Waals surface area contributed by atoms with Crippen molar-refractivity contribution in [1.29, 1.82) is 0 Å². The van der Waals surface area contributed by atoms with Gasteiger partial charge in [0.1, 0.15) is 5.82 Å². The molecule has 0 spiro atoms. The average Bonchev–Trinajstić information content (AvgIpc) is 2.74. The Hall–Kier alpha value is -1.85. The number of aromatic nitrogens is 4. The monoisotopic (exact) mass is 264 g/mol. The summed E-state index contributed by atoms with van der Waals surface area (Å²) in [5, 5.41) is 0. The Morgan fingerprint density at radius 1 is 1.26 bits per heavy atom.